The maximum atomic E-state index is 2.54. The average molecular weight is 787 g/mol. The molecule has 0 aliphatic heterocycles. The molecule has 0 radical (unpaired) electrons. The molecule has 0 fully saturated rings. The molecule has 0 nitrogen and oxygen atoms in total. The van der Waals surface area contributed by atoms with Gasteiger partial charge in [0.25, 0.3) is 0 Å². The fraction of sp³-hybridized carbons (Fsp3) is 0.400. The van der Waals surface area contributed by atoms with Gasteiger partial charge in [0.2, 0.25) is 0 Å². The van der Waals surface area contributed by atoms with Crippen molar-refractivity contribution in [3.63, 3.8) is 0 Å². The Morgan fingerprint density at radius 3 is 0.317 bits per heavy atom. The zero-order valence-electron chi connectivity index (χ0n) is 36.0. The Labute approximate surface area is 362 Å². The van der Waals surface area contributed by atoms with Crippen molar-refractivity contribution >= 4 is 0 Å². The number of hydrogen-bond acceptors (Lipinski definition) is 0. The van der Waals surface area contributed by atoms with E-state index in [1.165, 1.54) is 33.4 Å². The molecule has 0 unspecified atom stereocenters. The molecule has 0 heteroatoms. The SMILES string of the molecule is C1=CCC2(C1)C/C=C\CC1(CC=CC1)c1ccc(cc1)C1(CC=CC1)C/C=C\CC1(CC=CC1)c1ccc(cc1)C1(CC=CC1)C/C=C\CC1(CC=CC1)c1ccc2cc1. The van der Waals surface area contributed by atoms with E-state index in [2.05, 4.69) is 182 Å². The third kappa shape index (κ3) is 7.21. The van der Waals surface area contributed by atoms with Gasteiger partial charge in [-0.15, -0.1) is 0 Å². The Morgan fingerprint density at radius 2 is 0.233 bits per heavy atom. The molecule has 0 saturated carbocycles. The fourth-order valence-electron chi connectivity index (χ4n) is 12.7. The fourth-order valence-corrected chi connectivity index (χ4v) is 12.7. The Hall–Kier alpha value is -4.68. The van der Waals surface area contributed by atoms with Gasteiger partial charge in [-0.05, 0) is 149 Å². The molecule has 10 aliphatic rings. The molecule has 0 atom stereocenters. The zero-order chi connectivity index (χ0) is 40.4. The highest BCUT2D eigenvalue weighted by molar-refractivity contribution is 5.42. The molecule has 3 aromatic rings. The van der Waals surface area contributed by atoms with Crippen molar-refractivity contribution in [3.05, 3.63) is 216 Å². The minimum atomic E-state index is 0.160. The minimum absolute atomic E-state index is 0.160. The maximum Gasteiger partial charge on any atom is 0.00563 e. The van der Waals surface area contributed by atoms with Crippen molar-refractivity contribution in [1.29, 1.82) is 0 Å². The normalized spacial score (nSPS) is 26.6. The zero-order valence-corrected chi connectivity index (χ0v) is 36.0. The van der Waals surface area contributed by atoms with E-state index in [4.69, 9.17) is 0 Å². The molecule has 6 spiro atoms. The number of rotatable bonds is 0. The summed E-state index contributed by atoms with van der Waals surface area (Å²) in [6, 6.07) is 30.0. The summed E-state index contributed by atoms with van der Waals surface area (Å²) in [5.41, 5.74) is 10.0. The maximum absolute atomic E-state index is 2.54. The van der Waals surface area contributed by atoms with Crippen molar-refractivity contribution < 1.29 is 0 Å². The number of benzene rings is 3. The second-order valence-corrected chi connectivity index (χ2v) is 20.3. The molecule has 0 amide bonds. The number of hydrogen-bond donors (Lipinski definition) is 0. The third-order valence-electron chi connectivity index (χ3n) is 17.0. The minimum Gasteiger partial charge on any atom is -0.0876 e. The standard InChI is InChI=1S/C60H66/c1-2-32-55(31-1)43-13-14-44-56(33-3-4-34-56)51-23-25-52(26-24-51)59(39-9-10-40-59)47-17-18-48-60(41-11-12-42-60)54-29-27-53(28-30-54)58(37-7-8-38-58)46-16-15-45-57(35-5-6-36-57)50-21-19-49(55)20-22-50/h1-30H,31-48H2/b14-13-,16-15-,18-17-. The van der Waals surface area contributed by atoms with E-state index >= 15 is 0 Å². The highest BCUT2D eigenvalue weighted by atomic mass is 14.4. The van der Waals surface area contributed by atoms with Crippen LogP contribution in [0.5, 0.6) is 0 Å². The van der Waals surface area contributed by atoms with Crippen molar-refractivity contribution in [1.82, 2.24) is 0 Å². The van der Waals surface area contributed by atoms with Crippen LogP contribution in [-0.2, 0) is 32.5 Å². The lowest BCUT2D eigenvalue weighted by molar-refractivity contribution is 0.443. The van der Waals surface area contributed by atoms with Crippen LogP contribution in [0.25, 0.3) is 0 Å². The second kappa shape index (κ2) is 16.3. The van der Waals surface area contributed by atoms with E-state index in [0.717, 1.165) is 116 Å². The number of fused-ring (bicyclic) bond motifs is 3. The molecule has 10 aliphatic carbocycles. The van der Waals surface area contributed by atoms with Crippen molar-refractivity contribution in [2.24, 2.45) is 0 Å². The van der Waals surface area contributed by atoms with Gasteiger partial charge >= 0.3 is 0 Å². The van der Waals surface area contributed by atoms with Gasteiger partial charge in [0.05, 0.1) is 0 Å². The smallest absolute Gasteiger partial charge is 0.00563 e. The van der Waals surface area contributed by atoms with Gasteiger partial charge in [-0.2, -0.15) is 0 Å². The predicted octanol–water partition coefficient (Wildman–Crippen LogP) is 15.6. The summed E-state index contributed by atoms with van der Waals surface area (Å²) in [7, 11) is 0. The van der Waals surface area contributed by atoms with Crippen LogP contribution < -0.4 is 0 Å². The van der Waals surface area contributed by atoms with Crippen LogP contribution in [-0.4, -0.2) is 0 Å². The lowest BCUT2D eigenvalue weighted by atomic mass is 9.70. The molecule has 6 bridgehead atoms. The summed E-state index contributed by atoms with van der Waals surface area (Å²) in [5.74, 6) is 0. The van der Waals surface area contributed by atoms with Gasteiger partial charge in [0.15, 0.2) is 0 Å². The molecule has 3 aromatic carbocycles. The van der Waals surface area contributed by atoms with Gasteiger partial charge in [0, 0.05) is 32.5 Å². The first-order chi connectivity index (χ1) is 29.5. The van der Waals surface area contributed by atoms with Crippen molar-refractivity contribution in [3.8, 4) is 0 Å². The molecule has 0 saturated heterocycles. The summed E-state index contributed by atoms with van der Waals surface area (Å²) in [5, 5.41) is 0. The van der Waals surface area contributed by atoms with Crippen LogP contribution >= 0.6 is 0 Å². The van der Waals surface area contributed by atoms with Crippen LogP contribution in [0.2, 0.25) is 0 Å². The van der Waals surface area contributed by atoms with Crippen LogP contribution in [0, 0.1) is 0 Å². The lowest BCUT2D eigenvalue weighted by Crippen LogP contribution is -2.25. The van der Waals surface area contributed by atoms with Crippen LogP contribution in [0.15, 0.2) is 182 Å². The van der Waals surface area contributed by atoms with E-state index < -0.39 is 0 Å². The summed E-state index contributed by atoms with van der Waals surface area (Å²) in [4.78, 5) is 0. The molecule has 60 heavy (non-hydrogen) atoms. The molecule has 0 N–H and O–H groups in total. The predicted molar refractivity (Wildman–Crippen MR) is 255 cm³/mol. The van der Waals surface area contributed by atoms with Gasteiger partial charge in [-0.25, -0.2) is 0 Å². The molecule has 0 heterocycles. The highest BCUT2D eigenvalue weighted by Gasteiger charge is 2.39. The van der Waals surface area contributed by atoms with E-state index in [0.29, 0.717) is 0 Å². The Balaban J connectivity index is 0.978. The first-order valence-electron chi connectivity index (χ1n) is 23.7. The van der Waals surface area contributed by atoms with Crippen LogP contribution in [0.3, 0.4) is 0 Å². The van der Waals surface area contributed by atoms with E-state index in [-0.39, 0.29) is 32.5 Å². The first-order valence-corrected chi connectivity index (χ1v) is 23.7. The van der Waals surface area contributed by atoms with E-state index in [9.17, 15) is 0 Å². The van der Waals surface area contributed by atoms with Gasteiger partial charge < -0.3 is 0 Å². The third-order valence-corrected chi connectivity index (χ3v) is 17.0. The van der Waals surface area contributed by atoms with Gasteiger partial charge in [-0.1, -0.05) is 182 Å². The lowest BCUT2D eigenvalue weighted by Gasteiger charge is -2.33. The quantitative estimate of drug-likeness (QED) is 0.199. The van der Waals surface area contributed by atoms with Crippen molar-refractivity contribution in [2.45, 2.75) is 148 Å². The largest absolute Gasteiger partial charge is 0.0876 e. The monoisotopic (exact) mass is 787 g/mol. The van der Waals surface area contributed by atoms with Crippen molar-refractivity contribution in [2.75, 3.05) is 0 Å². The summed E-state index contributed by atoms with van der Waals surface area (Å²) < 4.78 is 0. The van der Waals surface area contributed by atoms with E-state index in [1.807, 2.05) is 0 Å². The Morgan fingerprint density at radius 1 is 0.150 bits per heavy atom. The van der Waals surface area contributed by atoms with Crippen LogP contribution in [0.4, 0.5) is 0 Å². The van der Waals surface area contributed by atoms with Gasteiger partial charge in [-0.3, -0.25) is 0 Å². The summed E-state index contributed by atoms with van der Waals surface area (Å²) in [6.07, 6.45) is 64.5. The summed E-state index contributed by atoms with van der Waals surface area (Å²) in [6.45, 7) is 0. The van der Waals surface area contributed by atoms with Gasteiger partial charge in [0.1, 0.15) is 0 Å². The Bertz CT molecular complexity index is 1800. The molecular formula is C60H66. The summed E-state index contributed by atoms with van der Waals surface area (Å²) >= 11 is 0. The molecule has 306 valence electrons. The Kier molecular flexibility index (Phi) is 10.7. The average Bonchev–Trinajstić information content (AvgIpc) is 4.16. The first kappa shape index (κ1) is 39.5. The molecule has 0 aromatic heterocycles. The topological polar surface area (TPSA) is 0 Å². The van der Waals surface area contributed by atoms with E-state index in [1.54, 1.807) is 0 Å². The van der Waals surface area contributed by atoms with Crippen LogP contribution in [0.1, 0.15) is 149 Å². The molecule has 13 rings (SSSR count). The second-order valence-electron chi connectivity index (χ2n) is 20.3. The number of allylic oxidation sites excluding steroid dienone is 18. The highest BCUT2D eigenvalue weighted by Crippen LogP contribution is 2.49. The molecular weight excluding hydrogens is 721 g/mol.